The van der Waals surface area contributed by atoms with Crippen molar-refractivity contribution in [2.45, 2.75) is 13.8 Å². The van der Waals surface area contributed by atoms with Gasteiger partial charge in [0.1, 0.15) is 0 Å². The Morgan fingerprint density at radius 1 is 1.24 bits per heavy atom. The Morgan fingerprint density at radius 3 is 2.33 bits per heavy atom. The molecule has 2 aromatic rings. The number of hydrogen-bond donors (Lipinski definition) is 1. The number of carboxylic acid groups (broad SMARTS) is 1. The summed E-state index contributed by atoms with van der Waals surface area (Å²) in [5.41, 5.74) is 2.17. The molecule has 6 nitrogen and oxygen atoms in total. The molecule has 0 fully saturated rings. The molecule has 0 aliphatic heterocycles. The van der Waals surface area contributed by atoms with Crippen molar-refractivity contribution in [2.75, 3.05) is 14.2 Å². The number of carbonyl (C=O) groups is 1. The minimum absolute atomic E-state index is 0.165. The molecular weight excluding hydrogens is 342 g/mol. The SMILES string of the molecule is COc1c(C)c(Br)c(C)c(-c2cc(C(=O)O)no2)c1OC. The number of rotatable bonds is 4. The van der Waals surface area contributed by atoms with Gasteiger partial charge < -0.3 is 19.1 Å². The van der Waals surface area contributed by atoms with Gasteiger partial charge in [0.15, 0.2) is 23.0 Å². The highest BCUT2D eigenvalue weighted by Crippen LogP contribution is 2.46. The van der Waals surface area contributed by atoms with Crippen LogP contribution in [0.4, 0.5) is 0 Å². The van der Waals surface area contributed by atoms with E-state index in [1.165, 1.54) is 13.2 Å². The van der Waals surface area contributed by atoms with Crippen LogP contribution < -0.4 is 9.47 Å². The van der Waals surface area contributed by atoms with Crippen LogP contribution in [0.25, 0.3) is 11.3 Å². The average molecular weight is 356 g/mol. The zero-order valence-electron chi connectivity index (χ0n) is 12.0. The van der Waals surface area contributed by atoms with Gasteiger partial charge in [0.25, 0.3) is 0 Å². The molecule has 0 bridgehead atoms. The number of benzene rings is 1. The van der Waals surface area contributed by atoms with Crippen LogP contribution in [0.3, 0.4) is 0 Å². The van der Waals surface area contributed by atoms with Crippen LogP contribution >= 0.6 is 15.9 Å². The third-order valence-corrected chi connectivity index (χ3v) is 4.38. The molecule has 112 valence electrons. The molecule has 0 saturated carbocycles. The quantitative estimate of drug-likeness (QED) is 0.904. The number of methoxy groups -OCH3 is 2. The largest absolute Gasteiger partial charge is 0.493 e. The molecular formula is C14H14BrNO5. The molecule has 21 heavy (non-hydrogen) atoms. The number of aromatic carboxylic acids is 1. The summed E-state index contributed by atoms with van der Waals surface area (Å²) in [7, 11) is 3.06. The Hall–Kier alpha value is -2.02. The lowest BCUT2D eigenvalue weighted by molar-refractivity contribution is 0.0686. The first kappa shape index (κ1) is 15.4. The fourth-order valence-electron chi connectivity index (χ4n) is 2.18. The molecule has 7 heteroatoms. The summed E-state index contributed by atoms with van der Waals surface area (Å²) >= 11 is 3.50. The molecule has 1 heterocycles. The van der Waals surface area contributed by atoms with Crippen LogP contribution in [-0.4, -0.2) is 30.5 Å². The Kier molecular flexibility index (Phi) is 4.22. The zero-order valence-corrected chi connectivity index (χ0v) is 13.6. The number of hydrogen-bond acceptors (Lipinski definition) is 5. The lowest BCUT2D eigenvalue weighted by atomic mass is 10.0. The fourth-order valence-corrected chi connectivity index (χ4v) is 2.55. The van der Waals surface area contributed by atoms with Crippen molar-refractivity contribution >= 4 is 21.9 Å². The third-order valence-electron chi connectivity index (χ3n) is 3.19. The maximum Gasteiger partial charge on any atom is 0.358 e. The van der Waals surface area contributed by atoms with Crippen LogP contribution in [0.2, 0.25) is 0 Å². The van der Waals surface area contributed by atoms with Gasteiger partial charge in [0.05, 0.1) is 19.8 Å². The number of aromatic nitrogens is 1. The summed E-state index contributed by atoms with van der Waals surface area (Å²) in [4.78, 5) is 10.9. The maximum atomic E-state index is 10.9. The van der Waals surface area contributed by atoms with Crippen molar-refractivity contribution in [1.29, 1.82) is 0 Å². The lowest BCUT2D eigenvalue weighted by Crippen LogP contribution is -1.99. The standard InChI is InChI=1S/C14H14BrNO5/c1-6-10(9-5-8(14(17)18)16-21-9)13(20-4)12(19-3)7(2)11(6)15/h5H,1-4H3,(H,17,18). The van der Waals surface area contributed by atoms with Crippen LogP contribution in [0, 0.1) is 13.8 Å². The summed E-state index contributed by atoms with van der Waals surface area (Å²) < 4.78 is 16.8. The number of halogens is 1. The van der Waals surface area contributed by atoms with Gasteiger partial charge in [-0.1, -0.05) is 21.1 Å². The first-order valence-electron chi connectivity index (χ1n) is 6.03. The van der Waals surface area contributed by atoms with Gasteiger partial charge in [-0.25, -0.2) is 4.79 Å². The van der Waals surface area contributed by atoms with Gasteiger partial charge >= 0.3 is 5.97 Å². The van der Waals surface area contributed by atoms with E-state index in [-0.39, 0.29) is 5.69 Å². The monoisotopic (exact) mass is 355 g/mol. The van der Waals surface area contributed by atoms with E-state index < -0.39 is 5.97 Å². The molecule has 1 aromatic heterocycles. The van der Waals surface area contributed by atoms with Crippen LogP contribution in [-0.2, 0) is 0 Å². The number of nitrogens with zero attached hydrogens (tertiary/aromatic N) is 1. The van der Waals surface area contributed by atoms with E-state index in [0.717, 1.165) is 15.6 Å². The van der Waals surface area contributed by atoms with Gasteiger partial charge in [-0.2, -0.15) is 0 Å². The van der Waals surface area contributed by atoms with E-state index in [9.17, 15) is 4.79 Å². The summed E-state index contributed by atoms with van der Waals surface area (Å²) in [6.45, 7) is 3.77. The molecule has 0 aliphatic rings. The molecule has 0 amide bonds. The second-order valence-corrected chi connectivity index (χ2v) is 5.18. The molecule has 0 unspecified atom stereocenters. The van der Waals surface area contributed by atoms with Gasteiger partial charge in [0, 0.05) is 16.1 Å². The minimum atomic E-state index is -1.15. The minimum Gasteiger partial charge on any atom is -0.493 e. The van der Waals surface area contributed by atoms with E-state index in [2.05, 4.69) is 21.1 Å². The van der Waals surface area contributed by atoms with Crippen molar-refractivity contribution in [3.8, 4) is 22.8 Å². The second-order valence-electron chi connectivity index (χ2n) is 4.39. The number of ether oxygens (including phenoxy) is 2. The van der Waals surface area contributed by atoms with Crippen molar-refractivity contribution < 1.29 is 23.9 Å². The summed E-state index contributed by atoms with van der Waals surface area (Å²) in [6.07, 6.45) is 0. The normalized spacial score (nSPS) is 10.5. The van der Waals surface area contributed by atoms with Crippen LogP contribution in [0.5, 0.6) is 11.5 Å². The molecule has 1 N–H and O–H groups in total. The van der Waals surface area contributed by atoms with E-state index in [1.54, 1.807) is 7.11 Å². The Morgan fingerprint density at radius 2 is 1.86 bits per heavy atom. The zero-order chi connectivity index (χ0) is 15.7. The van der Waals surface area contributed by atoms with E-state index in [0.29, 0.717) is 22.8 Å². The summed E-state index contributed by atoms with van der Waals surface area (Å²) in [5.74, 6) is 0.183. The smallest absolute Gasteiger partial charge is 0.358 e. The number of carboxylic acids is 1. The van der Waals surface area contributed by atoms with Crippen LogP contribution in [0.1, 0.15) is 21.6 Å². The maximum absolute atomic E-state index is 10.9. The van der Waals surface area contributed by atoms with Crippen molar-refractivity contribution in [3.63, 3.8) is 0 Å². The second kappa shape index (κ2) is 5.77. The molecule has 0 spiro atoms. The third kappa shape index (κ3) is 2.49. The summed E-state index contributed by atoms with van der Waals surface area (Å²) in [5, 5.41) is 12.5. The van der Waals surface area contributed by atoms with Crippen molar-refractivity contribution in [3.05, 3.63) is 27.4 Å². The van der Waals surface area contributed by atoms with E-state index in [1.807, 2.05) is 13.8 Å². The highest BCUT2D eigenvalue weighted by atomic mass is 79.9. The van der Waals surface area contributed by atoms with Crippen LogP contribution in [0.15, 0.2) is 15.1 Å². The predicted molar refractivity (Wildman–Crippen MR) is 79.2 cm³/mol. The molecule has 0 saturated heterocycles. The molecule has 0 radical (unpaired) electrons. The summed E-state index contributed by atoms with van der Waals surface area (Å²) in [6, 6.07) is 1.36. The predicted octanol–water partition coefficient (Wildman–Crippen LogP) is 3.44. The van der Waals surface area contributed by atoms with Gasteiger partial charge in [-0.05, 0) is 19.4 Å². The molecule has 0 atom stereocenters. The van der Waals surface area contributed by atoms with Gasteiger partial charge in [0.2, 0.25) is 0 Å². The Bertz CT molecular complexity index is 708. The molecule has 2 rings (SSSR count). The highest BCUT2D eigenvalue weighted by Gasteiger charge is 2.24. The van der Waals surface area contributed by atoms with Gasteiger partial charge in [-0.15, -0.1) is 0 Å². The Balaban J connectivity index is 2.77. The highest BCUT2D eigenvalue weighted by molar-refractivity contribution is 9.10. The Labute approximate surface area is 129 Å². The average Bonchev–Trinajstić information content (AvgIpc) is 2.94. The fraction of sp³-hybridized carbons (Fsp3) is 0.286. The topological polar surface area (TPSA) is 81.8 Å². The molecule has 0 aliphatic carbocycles. The first-order chi connectivity index (χ1) is 9.92. The van der Waals surface area contributed by atoms with E-state index in [4.69, 9.17) is 19.1 Å². The first-order valence-corrected chi connectivity index (χ1v) is 6.82. The van der Waals surface area contributed by atoms with E-state index >= 15 is 0 Å². The van der Waals surface area contributed by atoms with Gasteiger partial charge in [-0.3, -0.25) is 0 Å². The molecule has 1 aromatic carbocycles. The van der Waals surface area contributed by atoms with Crippen molar-refractivity contribution in [1.82, 2.24) is 5.16 Å². The lowest BCUT2D eigenvalue weighted by Gasteiger charge is -2.18. The van der Waals surface area contributed by atoms with Crippen molar-refractivity contribution in [2.24, 2.45) is 0 Å².